The third-order valence-electron chi connectivity index (χ3n) is 5.01. The maximum absolute atomic E-state index is 12.4. The smallest absolute Gasteiger partial charge is 0.226 e. The number of carbonyl (C=O) groups is 1. The molecule has 2 heterocycles. The second-order valence-corrected chi connectivity index (χ2v) is 8.43. The van der Waals surface area contributed by atoms with Gasteiger partial charge in [0.05, 0.1) is 12.1 Å². The minimum absolute atomic E-state index is 0.0731. The van der Waals surface area contributed by atoms with E-state index in [2.05, 4.69) is 40.7 Å². The van der Waals surface area contributed by atoms with Gasteiger partial charge in [0.1, 0.15) is 5.01 Å². The van der Waals surface area contributed by atoms with Gasteiger partial charge in [-0.05, 0) is 38.4 Å². The van der Waals surface area contributed by atoms with Crippen molar-refractivity contribution in [3.8, 4) is 10.6 Å². The first-order valence-electron chi connectivity index (χ1n) is 8.50. The third kappa shape index (κ3) is 4.05. The molecule has 2 aromatic heterocycles. The zero-order valence-electron chi connectivity index (χ0n) is 14.4. The van der Waals surface area contributed by atoms with Crippen LogP contribution in [0.2, 0.25) is 0 Å². The second-order valence-electron chi connectivity index (χ2n) is 6.79. The second kappa shape index (κ2) is 7.76. The zero-order valence-corrected chi connectivity index (χ0v) is 16.0. The molecule has 1 aliphatic carbocycles. The molecule has 6 heteroatoms. The van der Waals surface area contributed by atoms with Crippen molar-refractivity contribution in [1.29, 1.82) is 0 Å². The van der Waals surface area contributed by atoms with E-state index in [0.29, 0.717) is 6.42 Å². The van der Waals surface area contributed by atoms with Gasteiger partial charge in [-0.15, -0.1) is 11.3 Å². The zero-order chi connectivity index (χ0) is 17.0. The van der Waals surface area contributed by atoms with E-state index in [1.54, 1.807) is 22.7 Å². The van der Waals surface area contributed by atoms with Crippen LogP contribution in [0.4, 0.5) is 0 Å². The summed E-state index contributed by atoms with van der Waals surface area (Å²) in [5.41, 5.74) is 2.13. The van der Waals surface area contributed by atoms with Gasteiger partial charge in [-0.25, -0.2) is 4.98 Å². The molecule has 0 aromatic carbocycles. The van der Waals surface area contributed by atoms with Gasteiger partial charge in [-0.1, -0.05) is 19.3 Å². The normalized spacial score (nSPS) is 17.1. The molecule has 1 saturated carbocycles. The van der Waals surface area contributed by atoms with Crippen molar-refractivity contribution in [3.63, 3.8) is 0 Å². The number of likely N-dealkylation sites (N-methyl/N-ethyl adjacent to an activating group) is 1. The maximum atomic E-state index is 12.4. The average molecular weight is 364 g/mol. The minimum Gasteiger partial charge on any atom is -0.354 e. The van der Waals surface area contributed by atoms with E-state index in [9.17, 15) is 4.79 Å². The largest absolute Gasteiger partial charge is 0.354 e. The monoisotopic (exact) mass is 363 g/mol. The Morgan fingerprint density at radius 3 is 2.75 bits per heavy atom. The first-order chi connectivity index (χ1) is 11.6. The number of hydrogen-bond acceptors (Lipinski definition) is 5. The summed E-state index contributed by atoms with van der Waals surface area (Å²) in [4.78, 5) is 19.2. The van der Waals surface area contributed by atoms with Crippen molar-refractivity contribution < 1.29 is 4.79 Å². The quantitative estimate of drug-likeness (QED) is 0.849. The fraction of sp³-hybridized carbons (Fsp3) is 0.556. The summed E-state index contributed by atoms with van der Waals surface area (Å²) in [5.74, 6) is 0.0731. The molecular weight excluding hydrogens is 338 g/mol. The Kier molecular flexibility index (Phi) is 5.69. The van der Waals surface area contributed by atoms with E-state index >= 15 is 0 Å². The van der Waals surface area contributed by atoms with Crippen molar-refractivity contribution in [3.05, 3.63) is 27.9 Å². The fourth-order valence-corrected chi connectivity index (χ4v) is 4.92. The summed E-state index contributed by atoms with van der Waals surface area (Å²) in [5, 5.41) is 10.3. The number of thiophene rings is 1. The molecule has 130 valence electrons. The number of nitrogens with one attached hydrogen (secondary N) is 1. The Bertz CT molecular complexity index is 658. The number of hydrogen-bond donors (Lipinski definition) is 1. The van der Waals surface area contributed by atoms with Gasteiger partial charge in [0, 0.05) is 28.4 Å². The van der Waals surface area contributed by atoms with Crippen molar-refractivity contribution >= 4 is 28.6 Å². The van der Waals surface area contributed by atoms with Gasteiger partial charge in [0.15, 0.2) is 0 Å². The first-order valence-corrected chi connectivity index (χ1v) is 10.3. The molecule has 0 spiro atoms. The highest BCUT2D eigenvalue weighted by atomic mass is 32.1. The van der Waals surface area contributed by atoms with E-state index in [0.717, 1.165) is 22.8 Å². The maximum Gasteiger partial charge on any atom is 0.226 e. The predicted octanol–water partition coefficient (Wildman–Crippen LogP) is 3.79. The molecule has 1 fully saturated rings. The Morgan fingerprint density at radius 1 is 1.29 bits per heavy atom. The van der Waals surface area contributed by atoms with Crippen LogP contribution >= 0.6 is 22.7 Å². The van der Waals surface area contributed by atoms with Crippen LogP contribution in [0.15, 0.2) is 22.2 Å². The minimum atomic E-state index is 0.0731. The molecule has 0 radical (unpaired) electrons. The standard InChI is InChI=1S/C18H25N3OS2/c1-21(2)18(7-4-3-5-8-18)13-19-16(22)10-15-12-24-17(20-15)14-6-9-23-11-14/h6,9,11-12H,3-5,7-8,10,13H2,1-2H3,(H,19,22). The Morgan fingerprint density at radius 2 is 2.08 bits per heavy atom. The van der Waals surface area contributed by atoms with Gasteiger partial charge < -0.3 is 10.2 Å². The van der Waals surface area contributed by atoms with Gasteiger partial charge >= 0.3 is 0 Å². The summed E-state index contributed by atoms with van der Waals surface area (Å²) in [6, 6.07) is 2.07. The van der Waals surface area contributed by atoms with Crippen LogP contribution in [0.1, 0.15) is 37.8 Å². The number of nitrogens with zero attached hydrogens (tertiary/aromatic N) is 2. The predicted molar refractivity (Wildman–Crippen MR) is 102 cm³/mol. The van der Waals surface area contributed by atoms with E-state index in [4.69, 9.17) is 0 Å². The van der Waals surface area contributed by atoms with Crippen LogP contribution < -0.4 is 5.32 Å². The molecule has 0 atom stereocenters. The third-order valence-corrected chi connectivity index (χ3v) is 6.63. The van der Waals surface area contributed by atoms with Gasteiger partial charge in [0.2, 0.25) is 5.91 Å². The van der Waals surface area contributed by atoms with Crippen LogP contribution in [0, 0.1) is 0 Å². The summed E-state index contributed by atoms with van der Waals surface area (Å²) in [6.45, 7) is 0.736. The lowest BCUT2D eigenvalue weighted by Crippen LogP contribution is -2.54. The molecular formula is C18H25N3OS2. The molecule has 24 heavy (non-hydrogen) atoms. The summed E-state index contributed by atoms with van der Waals surface area (Å²) in [7, 11) is 4.26. The molecule has 0 saturated heterocycles. The lowest BCUT2D eigenvalue weighted by molar-refractivity contribution is -0.121. The highest BCUT2D eigenvalue weighted by Gasteiger charge is 2.34. The van der Waals surface area contributed by atoms with Crippen LogP contribution in [-0.2, 0) is 11.2 Å². The molecule has 2 aromatic rings. The van der Waals surface area contributed by atoms with E-state index in [1.165, 1.54) is 32.1 Å². The fourth-order valence-electron chi connectivity index (χ4n) is 3.39. The number of carbonyl (C=O) groups excluding carboxylic acids is 1. The number of amides is 1. The van der Waals surface area contributed by atoms with Crippen molar-refractivity contribution in [2.45, 2.75) is 44.1 Å². The average Bonchev–Trinajstić information content (AvgIpc) is 3.25. The Balaban J connectivity index is 1.55. The van der Waals surface area contributed by atoms with Gasteiger partial charge in [0.25, 0.3) is 0 Å². The van der Waals surface area contributed by atoms with E-state index in [1.807, 2.05) is 10.8 Å². The molecule has 1 aliphatic rings. The lowest BCUT2D eigenvalue weighted by atomic mass is 9.80. The van der Waals surface area contributed by atoms with Crippen molar-refractivity contribution in [1.82, 2.24) is 15.2 Å². The lowest BCUT2D eigenvalue weighted by Gasteiger charge is -2.43. The highest BCUT2D eigenvalue weighted by molar-refractivity contribution is 7.14. The van der Waals surface area contributed by atoms with E-state index < -0.39 is 0 Å². The topological polar surface area (TPSA) is 45.2 Å². The summed E-state index contributed by atoms with van der Waals surface area (Å²) >= 11 is 3.27. The summed E-state index contributed by atoms with van der Waals surface area (Å²) < 4.78 is 0. The molecule has 0 unspecified atom stereocenters. The van der Waals surface area contributed by atoms with E-state index in [-0.39, 0.29) is 11.4 Å². The molecule has 1 N–H and O–H groups in total. The van der Waals surface area contributed by atoms with Crippen molar-refractivity contribution in [2.24, 2.45) is 0 Å². The number of aromatic nitrogens is 1. The van der Waals surface area contributed by atoms with Crippen LogP contribution in [0.3, 0.4) is 0 Å². The van der Waals surface area contributed by atoms with Crippen LogP contribution in [-0.4, -0.2) is 42.0 Å². The Labute approximate surface area is 151 Å². The number of rotatable bonds is 6. The van der Waals surface area contributed by atoms with Crippen LogP contribution in [0.5, 0.6) is 0 Å². The summed E-state index contributed by atoms with van der Waals surface area (Å²) in [6.07, 6.45) is 6.52. The molecule has 3 rings (SSSR count). The molecule has 1 amide bonds. The van der Waals surface area contributed by atoms with Gasteiger partial charge in [-0.3, -0.25) is 4.79 Å². The van der Waals surface area contributed by atoms with Gasteiger partial charge in [-0.2, -0.15) is 11.3 Å². The molecule has 4 nitrogen and oxygen atoms in total. The number of thiazole rings is 1. The van der Waals surface area contributed by atoms with Crippen LogP contribution in [0.25, 0.3) is 10.6 Å². The molecule has 0 aliphatic heterocycles. The highest BCUT2D eigenvalue weighted by Crippen LogP contribution is 2.31. The Hall–Kier alpha value is -1.24. The SMILES string of the molecule is CN(C)C1(CNC(=O)Cc2csc(-c3ccsc3)n2)CCCCC1. The first kappa shape index (κ1) is 17.6. The molecule has 0 bridgehead atoms. The van der Waals surface area contributed by atoms with Crippen molar-refractivity contribution in [2.75, 3.05) is 20.6 Å².